The molecular weight excluding hydrogens is 508 g/mol. The molecule has 0 spiro atoms. The van der Waals surface area contributed by atoms with Crippen LogP contribution in [0.4, 0.5) is 0 Å². The van der Waals surface area contributed by atoms with Crippen molar-refractivity contribution < 1.29 is 36.4 Å². The molecular formula is C32H29O2Zr. The number of aromatic hydroxyl groups is 2. The number of fused-ring (bicyclic) bond motifs is 2. The van der Waals surface area contributed by atoms with Gasteiger partial charge in [-0.05, 0) is 24.3 Å². The second kappa shape index (κ2) is 17.8. The Hall–Kier alpha value is -3.68. The molecule has 0 saturated carbocycles. The minimum atomic E-state index is 0. The van der Waals surface area contributed by atoms with Crippen molar-refractivity contribution in [1.29, 1.82) is 0 Å². The zero-order valence-electron chi connectivity index (χ0n) is 19.5. The van der Waals surface area contributed by atoms with Crippen molar-refractivity contribution in [3.8, 4) is 11.5 Å². The van der Waals surface area contributed by atoms with E-state index in [1.807, 2.05) is 12.1 Å². The molecule has 0 atom stereocenters. The van der Waals surface area contributed by atoms with Gasteiger partial charge in [-0.2, -0.15) is 35.0 Å². The minimum Gasteiger partial charge on any atom is -0.521 e. The molecule has 1 radical (unpaired) electrons. The summed E-state index contributed by atoms with van der Waals surface area (Å²) >= 11 is 0. The van der Waals surface area contributed by atoms with Crippen LogP contribution >= 0.6 is 0 Å². The zero-order valence-corrected chi connectivity index (χ0v) is 22.0. The maximum atomic E-state index is 8.63. The molecule has 6 rings (SSSR count). The standard InChI is InChI=1S/2C9H7.2C6H6O.C2H3.Zr/c2*1-2-5-9-7-3-6-8(9)4-1;2*7-6-4-2-1-3-5-6;1-2;/h2*1-7H;2*1-5,7H;1H,2H2;/q2*-1;;;-1;+3. The third-order valence-corrected chi connectivity index (χ3v) is 4.61. The van der Waals surface area contributed by atoms with E-state index in [1.165, 1.54) is 21.5 Å². The average molecular weight is 537 g/mol. The Kier molecular flexibility index (Phi) is 14.9. The quantitative estimate of drug-likeness (QED) is 0.191. The summed E-state index contributed by atoms with van der Waals surface area (Å²) in [6, 6.07) is 46.8. The third-order valence-electron chi connectivity index (χ3n) is 4.61. The summed E-state index contributed by atoms with van der Waals surface area (Å²) in [6.07, 6.45) is 0. The van der Waals surface area contributed by atoms with Gasteiger partial charge in [0, 0.05) is 0 Å². The molecule has 3 heteroatoms. The molecule has 0 aliphatic heterocycles. The minimum absolute atomic E-state index is 0. The van der Waals surface area contributed by atoms with E-state index in [2.05, 4.69) is 98.1 Å². The number of phenolic OH excluding ortho intramolecular Hbond substituents is 2. The van der Waals surface area contributed by atoms with Gasteiger partial charge in [-0.15, -0.1) is 59.3 Å². The van der Waals surface area contributed by atoms with Gasteiger partial charge in [0.25, 0.3) is 0 Å². The van der Waals surface area contributed by atoms with E-state index in [0.717, 1.165) is 0 Å². The number of benzene rings is 4. The first-order valence-corrected chi connectivity index (χ1v) is 10.8. The van der Waals surface area contributed by atoms with Crippen LogP contribution in [-0.4, -0.2) is 10.2 Å². The molecule has 2 N–H and O–H groups in total. The summed E-state index contributed by atoms with van der Waals surface area (Å²) in [5.41, 5.74) is 0. The molecule has 35 heavy (non-hydrogen) atoms. The Labute approximate surface area is 227 Å². The predicted molar refractivity (Wildman–Crippen MR) is 145 cm³/mol. The third kappa shape index (κ3) is 11.3. The Balaban J connectivity index is 0.000000227. The van der Waals surface area contributed by atoms with Gasteiger partial charge in [-0.1, -0.05) is 48.5 Å². The van der Waals surface area contributed by atoms with Gasteiger partial charge >= 0.3 is 26.2 Å². The maximum absolute atomic E-state index is 8.63. The molecule has 2 nitrogen and oxygen atoms in total. The van der Waals surface area contributed by atoms with Crippen LogP contribution in [0.2, 0.25) is 0 Å². The van der Waals surface area contributed by atoms with Crippen molar-refractivity contribution in [3.05, 3.63) is 159 Å². The SMILES string of the molecule is Oc1ccccc1.Oc1ccccc1.[CH-]=C.[Zr+3].c1ccc2[cH-]ccc2c1.c1ccc2[cH-]ccc2c1. The van der Waals surface area contributed by atoms with E-state index in [0.29, 0.717) is 11.5 Å². The van der Waals surface area contributed by atoms with Gasteiger partial charge in [-0.3, -0.25) is 6.58 Å². The molecule has 0 aliphatic carbocycles. The molecule has 6 aromatic carbocycles. The number of rotatable bonds is 0. The van der Waals surface area contributed by atoms with E-state index in [9.17, 15) is 0 Å². The van der Waals surface area contributed by atoms with Crippen LogP contribution in [0.1, 0.15) is 0 Å². The fraction of sp³-hybridized carbons (Fsp3) is 0. The molecule has 0 saturated heterocycles. The Morgan fingerprint density at radius 3 is 1.06 bits per heavy atom. The molecule has 0 fully saturated rings. The van der Waals surface area contributed by atoms with Crippen LogP contribution in [0.5, 0.6) is 11.5 Å². The number of phenols is 2. The summed E-state index contributed by atoms with van der Waals surface area (Å²) in [7, 11) is 0. The summed E-state index contributed by atoms with van der Waals surface area (Å²) in [6.45, 7) is 7.00. The van der Waals surface area contributed by atoms with Crippen molar-refractivity contribution in [2.75, 3.05) is 0 Å². The van der Waals surface area contributed by atoms with Crippen LogP contribution in [0.15, 0.2) is 152 Å². The second-order valence-electron chi connectivity index (χ2n) is 6.98. The fourth-order valence-electron chi connectivity index (χ4n) is 3.00. The molecule has 0 amide bonds. The van der Waals surface area contributed by atoms with Crippen LogP contribution in [-0.2, 0) is 26.2 Å². The number of hydrogen-bond acceptors (Lipinski definition) is 2. The Morgan fingerprint density at radius 1 is 0.457 bits per heavy atom. The van der Waals surface area contributed by atoms with E-state index >= 15 is 0 Å². The first-order chi connectivity index (χ1) is 16.7. The molecule has 0 aromatic heterocycles. The van der Waals surface area contributed by atoms with Crippen molar-refractivity contribution in [1.82, 2.24) is 0 Å². The normalized spacial score (nSPS) is 8.80. The first-order valence-electron chi connectivity index (χ1n) is 10.8. The topological polar surface area (TPSA) is 40.5 Å². The monoisotopic (exact) mass is 535 g/mol. The van der Waals surface area contributed by atoms with Gasteiger partial charge in [-0.25, -0.2) is 0 Å². The van der Waals surface area contributed by atoms with Crippen molar-refractivity contribution in [3.63, 3.8) is 0 Å². The molecule has 173 valence electrons. The average Bonchev–Trinajstić information content (AvgIpc) is 3.57. The molecule has 0 unspecified atom stereocenters. The zero-order chi connectivity index (χ0) is 24.4. The van der Waals surface area contributed by atoms with Crippen LogP contribution in [0.3, 0.4) is 0 Å². The smallest absolute Gasteiger partial charge is 0.521 e. The number of hydrogen-bond donors (Lipinski definition) is 2. The van der Waals surface area contributed by atoms with Crippen LogP contribution in [0, 0.1) is 6.58 Å². The van der Waals surface area contributed by atoms with E-state index in [-0.39, 0.29) is 26.2 Å². The predicted octanol–water partition coefficient (Wildman–Crippen LogP) is 8.50. The Bertz CT molecular complexity index is 1140. The summed E-state index contributed by atoms with van der Waals surface area (Å²) in [4.78, 5) is 0. The van der Waals surface area contributed by atoms with Gasteiger partial charge in [0.05, 0.1) is 0 Å². The summed E-state index contributed by atoms with van der Waals surface area (Å²) in [5, 5.41) is 22.6. The van der Waals surface area contributed by atoms with Crippen molar-refractivity contribution in [2.45, 2.75) is 0 Å². The van der Waals surface area contributed by atoms with Gasteiger partial charge in [0.1, 0.15) is 11.5 Å². The molecule has 0 heterocycles. The largest absolute Gasteiger partial charge is 3.00 e. The maximum Gasteiger partial charge on any atom is 3.00 e. The van der Waals surface area contributed by atoms with Crippen LogP contribution < -0.4 is 0 Å². The molecule has 0 aliphatic rings. The molecule has 0 bridgehead atoms. The van der Waals surface area contributed by atoms with E-state index in [1.54, 1.807) is 48.5 Å². The number of para-hydroxylation sites is 2. The first kappa shape index (κ1) is 29.4. The van der Waals surface area contributed by atoms with Crippen LogP contribution in [0.25, 0.3) is 21.5 Å². The van der Waals surface area contributed by atoms with E-state index < -0.39 is 0 Å². The fourth-order valence-corrected chi connectivity index (χ4v) is 3.00. The molecule has 6 aromatic rings. The van der Waals surface area contributed by atoms with E-state index in [4.69, 9.17) is 10.2 Å². The Morgan fingerprint density at radius 2 is 0.771 bits per heavy atom. The summed E-state index contributed by atoms with van der Waals surface area (Å²) in [5.74, 6) is 0.644. The van der Waals surface area contributed by atoms with Gasteiger partial charge < -0.3 is 16.8 Å². The van der Waals surface area contributed by atoms with Crippen molar-refractivity contribution >= 4 is 21.5 Å². The van der Waals surface area contributed by atoms with Gasteiger partial charge in [0.15, 0.2) is 0 Å². The second-order valence-corrected chi connectivity index (χ2v) is 6.98. The van der Waals surface area contributed by atoms with Gasteiger partial charge in [0.2, 0.25) is 0 Å². The summed E-state index contributed by atoms with van der Waals surface area (Å²) < 4.78 is 0. The van der Waals surface area contributed by atoms with Crippen molar-refractivity contribution in [2.24, 2.45) is 0 Å².